The molecule has 0 N–H and O–H groups in total. The van der Waals surface area contributed by atoms with Gasteiger partial charge < -0.3 is 4.52 Å². The molecule has 0 radical (unpaired) electrons. The van der Waals surface area contributed by atoms with Gasteiger partial charge in [-0.05, 0) is 55.8 Å². The van der Waals surface area contributed by atoms with Crippen molar-refractivity contribution in [2.75, 3.05) is 0 Å². The Morgan fingerprint density at radius 1 is 1.07 bits per heavy atom. The third-order valence-electron chi connectivity index (χ3n) is 3.94. The molecule has 0 atom stereocenters. The minimum atomic E-state index is 0.471. The second-order valence-corrected chi connectivity index (χ2v) is 7.39. The standard InChI is InChI=1S/C19H16ClN5OS/c1-12-4-3-5-16(10-12)25-13(2)22-23-19(25)27-11-17-21-18(26-24-17)14-6-8-15(20)9-7-14/h3-10H,11H2,1-2H3. The van der Waals surface area contributed by atoms with Gasteiger partial charge in [0.2, 0.25) is 0 Å². The summed E-state index contributed by atoms with van der Waals surface area (Å²) in [4.78, 5) is 4.45. The number of benzene rings is 2. The molecule has 2 heterocycles. The molecule has 27 heavy (non-hydrogen) atoms. The number of hydrogen-bond acceptors (Lipinski definition) is 6. The third-order valence-corrected chi connectivity index (χ3v) is 5.12. The highest BCUT2D eigenvalue weighted by molar-refractivity contribution is 7.98. The van der Waals surface area contributed by atoms with E-state index in [4.69, 9.17) is 16.1 Å². The average molecular weight is 398 g/mol. The molecule has 6 nitrogen and oxygen atoms in total. The molecule has 4 rings (SSSR count). The van der Waals surface area contributed by atoms with E-state index >= 15 is 0 Å². The molecular formula is C19H16ClN5OS. The number of thioether (sulfide) groups is 1. The summed E-state index contributed by atoms with van der Waals surface area (Å²) < 4.78 is 7.38. The number of aromatic nitrogens is 5. The molecule has 2 aromatic heterocycles. The smallest absolute Gasteiger partial charge is 0.257 e. The lowest BCUT2D eigenvalue weighted by Crippen LogP contribution is -1.99. The van der Waals surface area contributed by atoms with E-state index < -0.39 is 0 Å². The summed E-state index contributed by atoms with van der Waals surface area (Å²) in [5, 5.41) is 14.0. The molecule has 136 valence electrons. The van der Waals surface area contributed by atoms with E-state index in [0.717, 1.165) is 22.2 Å². The van der Waals surface area contributed by atoms with Gasteiger partial charge >= 0.3 is 0 Å². The van der Waals surface area contributed by atoms with Gasteiger partial charge in [0, 0.05) is 16.3 Å². The van der Waals surface area contributed by atoms with Crippen LogP contribution >= 0.6 is 23.4 Å². The first-order valence-electron chi connectivity index (χ1n) is 8.30. The molecule has 0 aliphatic heterocycles. The maximum absolute atomic E-state index is 5.91. The van der Waals surface area contributed by atoms with Crippen LogP contribution in [0.5, 0.6) is 0 Å². The van der Waals surface area contributed by atoms with Crippen molar-refractivity contribution in [2.24, 2.45) is 0 Å². The molecule has 0 spiro atoms. The molecule has 4 aromatic rings. The van der Waals surface area contributed by atoms with Crippen molar-refractivity contribution in [1.29, 1.82) is 0 Å². The van der Waals surface area contributed by atoms with Crippen molar-refractivity contribution in [1.82, 2.24) is 24.9 Å². The lowest BCUT2D eigenvalue weighted by atomic mass is 10.2. The number of hydrogen-bond donors (Lipinski definition) is 0. The molecule has 0 aliphatic carbocycles. The van der Waals surface area contributed by atoms with Crippen LogP contribution in [0.15, 0.2) is 58.2 Å². The second-order valence-electron chi connectivity index (χ2n) is 6.02. The van der Waals surface area contributed by atoms with E-state index in [0.29, 0.717) is 22.5 Å². The van der Waals surface area contributed by atoms with Gasteiger partial charge in [-0.3, -0.25) is 4.57 Å². The number of rotatable bonds is 5. The highest BCUT2D eigenvalue weighted by atomic mass is 35.5. The first kappa shape index (κ1) is 17.8. The maximum Gasteiger partial charge on any atom is 0.257 e. The van der Waals surface area contributed by atoms with E-state index in [1.807, 2.05) is 35.8 Å². The lowest BCUT2D eigenvalue weighted by Gasteiger charge is -2.08. The number of nitrogens with zero attached hydrogens (tertiary/aromatic N) is 5. The van der Waals surface area contributed by atoms with Crippen LogP contribution in [0, 0.1) is 13.8 Å². The first-order valence-corrected chi connectivity index (χ1v) is 9.67. The average Bonchev–Trinajstić information content (AvgIpc) is 3.27. The van der Waals surface area contributed by atoms with Crippen molar-refractivity contribution < 1.29 is 4.52 Å². The predicted molar refractivity (Wildman–Crippen MR) is 105 cm³/mol. The Kier molecular flexibility index (Phi) is 4.96. The Labute approximate surface area is 165 Å². The molecule has 2 aromatic carbocycles. The Morgan fingerprint density at radius 3 is 2.67 bits per heavy atom. The number of aryl methyl sites for hydroxylation is 2. The SMILES string of the molecule is Cc1cccc(-n2c(C)nnc2SCc2noc(-c3ccc(Cl)cc3)n2)c1. The predicted octanol–water partition coefficient (Wildman–Crippen LogP) is 4.88. The molecule has 0 unspecified atom stereocenters. The van der Waals surface area contributed by atoms with Gasteiger partial charge in [0.15, 0.2) is 11.0 Å². The topological polar surface area (TPSA) is 69.6 Å². The minimum Gasteiger partial charge on any atom is -0.334 e. The van der Waals surface area contributed by atoms with Crippen LogP contribution in [0.3, 0.4) is 0 Å². The lowest BCUT2D eigenvalue weighted by molar-refractivity contribution is 0.425. The summed E-state index contributed by atoms with van der Waals surface area (Å²) in [7, 11) is 0. The van der Waals surface area contributed by atoms with Gasteiger partial charge in [0.05, 0.1) is 5.75 Å². The molecule has 8 heteroatoms. The highest BCUT2D eigenvalue weighted by Gasteiger charge is 2.14. The highest BCUT2D eigenvalue weighted by Crippen LogP contribution is 2.26. The summed E-state index contributed by atoms with van der Waals surface area (Å²) in [6, 6.07) is 15.5. The van der Waals surface area contributed by atoms with Crippen molar-refractivity contribution in [3.63, 3.8) is 0 Å². The Morgan fingerprint density at radius 2 is 1.89 bits per heavy atom. The molecule has 0 fully saturated rings. The fraction of sp³-hybridized carbons (Fsp3) is 0.158. The van der Waals surface area contributed by atoms with Crippen LogP contribution in [-0.2, 0) is 5.75 Å². The van der Waals surface area contributed by atoms with E-state index in [1.165, 1.54) is 17.3 Å². The van der Waals surface area contributed by atoms with E-state index in [2.05, 4.69) is 39.4 Å². The van der Waals surface area contributed by atoms with Crippen molar-refractivity contribution in [3.8, 4) is 17.1 Å². The van der Waals surface area contributed by atoms with Crippen molar-refractivity contribution in [2.45, 2.75) is 24.8 Å². The zero-order valence-corrected chi connectivity index (χ0v) is 16.3. The van der Waals surface area contributed by atoms with Gasteiger partial charge in [-0.15, -0.1) is 10.2 Å². The monoisotopic (exact) mass is 397 g/mol. The summed E-state index contributed by atoms with van der Waals surface area (Å²) >= 11 is 7.43. The van der Waals surface area contributed by atoms with Gasteiger partial charge in [-0.25, -0.2) is 0 Å². The van der Waals surface area contributed by atoms with Gasteiger partial charge in [0.25, 0.3) is 5.89 Å². The molecule has 0 saturated heterocycles. The van der Waals surface area contributed by atoms with E-state index in [9.17, 15) is 0 Å². The van der Waals surface area contributed by atoms with Crippen LogP contribution in [-0.4, -0.2) is 24.9 Å². The second kappa shape index (κ2) is 7.54. The molecule has 0 saturated carbocycles. The summed E-state index contributed by atoms with van der Waals surface area (Å²) in [5.41, 5.74) is 3.05. The number of halogens is 1. The summed E-state index contributed by atoms with van der Waals surface area (Å²) in [5.74, 6) is 2.43. The van der Waals surface area contributed by atoms with E-state index in [-0.39, 0.29) is 0 Å². The Hall–Kier alpha value is -2.64. The van der Waals surface area contributed by atoms with Crippen molar-refractivity contribution >= 4 is 23.4 Å². The normalized spacial score (nSPS) is 11.1. The minimum absolute atomic E-state index is 0.471. The largest absolute Gasteiger partial charge is 0.334 e. The quantitative estimate of drug-likeness (QED) is 0.447. The molecular weight excluding hydrogens is 382 g/mol. The van der Waals surface area contributed by atoms with Crippen molar-refractivity contribution in [3.05, 3.63) is 70.8 Å². The van der Waals surface area contributed by atoms with Crippen LogP contribution in [0.2, 0.25) is 5.02 Å². The van der Waals surface area contributed by atoms with Gasteiger partial charge in [-0.2, -0.15) is 4.98 Å². The van der Waals surface area contributed by atoms with Gasteiger partial charge in [-0.1, -0.05) is 40.7 Å². The first-order chi connectivity index (χ1) is 13.1. The zero-order chi connectivity index (χ0) is 18.8. The molecule has 0 aliphatic rings. The maximum atomic E-state index is 5.91. The van der Waals surface area contributed by atoms with Crippen LogP contribution < -0.4 is 0 Å². The Bertz CT molecular complexity index is 1070. The summed E-state index contributed by atoms with van der Waals surface area (Å²) in [6.45, 7) is 4.00. The fourth-order valence-corrected chi connectivity index (χ4v) is 3.62. The fourth-order valence-electron chi connectivity index (χ4n) is 2.65. The van der Waals surface area contributed by atoms with Crippen LogP contribution in [0.4, 0.5) is 0 Å². The summed E-state index contributed by atoms with van der Waals surface area (Å²) in [6.07, 6.45) is 0. The van der Waals surface area contributed by atoms with E-state index in [1.54, 1.807) is 12.1 Å². The molecule has 0 amide bonds. The zero-order valence-electron chi connectivity index (χ0n) is 14.8. The van der Waals surface area contributed by atoms with Crippen LogP contribution in [0.1, 0.15) is 17.2 Å². The van der Waals surface area contributed by atoms with Gasteiger partial charge in [0.1, 0.15) is 5.82 Å². The third kappa shape index (κ3) is 3.89. The molecule has 0 bridgehead atoms. The van der Waals surface area contributed by atoms with Crippen LogP contribution in [0.25, 0.3) is 17.1 Å². The Balaban J connectivity index is 1.53.